The molecular weight excluding hydrogens is 388 g/mol. The first-order valence-corrected chi connectivity index (χ1v) is 13.0. The van der Waals surface area contributed by atoms with Gasteiger partial charge in [-0.25, -0.2) is 0 Å². The summed E-state index contributed by atoms with van der Waals surface area (Å²) in [6.45, 7) is 11.1. The Kier molecular flexibility index (Phi) is 6.42. The van der Waals surface area contributed by atoms with Gasteiger partial charge in [-0.15, -0.1) is 0 Å². The Hall–Kier alpha value is -0.450. The standard InChI is InChI=1S/C27H46O4/c1-15(2)12-24(30)25(31)16(3)19-6-7-20-18-14-23(29)22-13-17(28)8-10-27(22,5)21(18)9-11-26(19,20)4/h15-16,18-25,29-31H,6-14H2,1-5H3/t16-,18-,19+,20-,21-,22+,23-,24+,25+,26+,27+/m0/s1. The Morgan fingerprint density at radius 3 is 2.32 bits per heavy atom. The molecule has 0 aromatic heterocycles. The number of hydrogen-bond donors (Lipinski definition) is 3. The maximum Gasteiger partial charge on any atom is 0.133 e. The van der Waals surface area contributed by atoms with Crippen molar-refractivity contribution in [3.05, 3.63) is 0 Å². The van der Waals surface area contributed by atoms with Gasteiger partial charge in [-0.1, -0.05) is 34.6 Å². The molecule has 0 aromatic rings. The van der Waals surface area contributed by atoms with E-state index in [0.717, 1.165) is 19.3 Å². The lowest BCUT2D eigenvalue weighted by molar-refractivity contribution is -0.168. The highest BCUT2D eigenvalue weighted by molar-refractivity contribution is 5.79. The predicted octanol–water partition coefficient (Wildman–Crippen LogP) is 4.59. The molecule has 0 bridgehead atoms. The summed E-state index contributed by atoms with van der Waals surface area (Å²) >= 11 is 0. The summed E-state index contributed by atoms with van der Waals surface area (Å²) in [4.78, 5) is 12.1. The molecule has 3 N–H and O–H groups in total. The number of carbonyl (C=O) groups excluding carboxylic acids is 1. The van der Waals surface area contributed by atoms with E-state index in [9.17, 15) is 20.1 Å². The zero-order valence-corrected chi connectivity index (χ0v) is 20.4. The Bertz CT molecular complexity index is 676. The monoisotopic (exact) mass is 434 g/mol. The van der Waals surface area contributed by atoms with Crippen LogP contribution in [0.15, 0.2) is 0 Å². The molecule has 0 aliphatic heterocycles. The molecule has 31 heavy (non-hydrogen) atoms. The van der Waals surface area contributed by atoms with Crippen LogP contribution in [0.1, 0.15) is 92.4 Å². The second kappa shape index (κ2) is 8.40. The molecule has 4 nitrogen and oxygen atoms in total. The van der Waals surface area contributed by atoms with Crippen molar-refractivity contribution in [2.45, 2.75) is 111 Å². The molecule has 4 rings (SSSR count). The average Bonchev–Trinajstić information content (AvgIpc) is 3.05. The first-order valence-electron chi connectivity index (χ1n) is 13.0. The smallest absolute Gasteiger partial charge is 0.133 e. The average molecular weight is 435 g/mol. The van der Waals surface area contributed by atoms with E-state index in [1.54, 1.807) is 0 Å². The van der Waals surface area contributed by atoms with Crippen molar-refractivity contribution in [3.8, 4) is 0 Å². The van der Waals surface area contributed by atoms with Gasteiger partial charge in [0.05, 0.1) is 18.3 Å². The predicted molar refractivity (Wildman–Crippen MR) is 122 cm³/mol. The third kappa shape index (κ3) is 3.83. The highest BCUT2D eigenvalue weighted by Gasteiger charge is 2.62. The molecule has 0 saturated heterocycles. The highest BCUT2D eigenvalue weighted by Crippen LogP contribution is 2.68. The van der Waals surface area contributed by atoms with Crippen LogP contribution in [0.3, 0.4) is 0 Å². The van der Waals surface area contributed by atoms with Crippen molar-refractivity contribution in [1.82, 2.24) is 0 Å². The number of aliphatic hydroxyl groups excluding tert-OH is 3. The molecule has 0 unspecified atom stereocenters. The van der Waals surface area contributed by atoms with Crippen LogP contribution >= 0.6 is 0 Å². The normalized spacial score (nSPS) is 48.0. The molecule has 0 heterocycles. The first kappa shape index (κ1) is 23.7. The zero-order valence-electron chi connectivity index (χ0n) is 20.4. The summed E-state index contributed by atoms with van der Waals surface area (Å²) in [5.74, 6) is 3.08. The van der Waals surface area contributed by atoms with Gasteiger partial charge in [0.25, 0.3) is 0 Å². The van der Waals surface area contributed by atoms with Gasteiger partial charge in [-0.3, -0.25) is 4.79 Å². The number of ketones is 1. The minimum absolute atomic E-state index is 0.0875. The van der Waals surface area contributed by atoms with E-state index in [0.29, 0.717) is 54.6 Å². The van der Waals surface area contributed by atoms with Crippen molar-refractivity contribution in [2.24, 2.45) is 52.3 Å². The number of hydrogen-bond acceptors (Lipinski definition) is 4. The Morgan fingerprint density at radius 2 is 1.65 bits per heavy atom. The molecular formula is C27H46O4. The van der Waals surface area contributed by atoms with E-state index in [2.05, 4.69) is 34.6 Å². The van der Waals surface area contributed by atoms with Crippen LogP contribution in [0.25, 0.3) is 0 Å². The lowest BCUT2D eigenvalue weighted by Gasteiger charge is -2.61. The third-order valence-electron chi connectivity index (χ3n) is 10.9. The molecule has 4 aliphatic carbocycles. The second-order valence-electron chi connectivity index (χ2n) is 12.8. The molecule has 11 atom stereocenters. The maximum atomic E-state index is 12.1. The van der Waals surface area contributed by atoms with Crippen molar-refractivity contribution >= 4 is 5.78 Å². The molecule has 4 heteroatoms. The van der Waals surface area contributed by atoms with Crippen LogP contribution < -0.4 is 0 Å². The third-order valence-corrected chi connectivity index (χ3v) is 10.9. The van der Waals surface area contributed by atoms with Gasteiger partial charge in [0.15, 0.2) is 0 Å². The van der Waals surface area contributed by atoms with Gasteiger partial charge in [0.1, 0.15) is 5.78 Å². The Balaban J connectivity index is 1.54. The molecule has 4 fully saturated rings. The number of fused-ring (bicyclic) bond motifs is 5. The number of carbonyl (C=O) groups is 1. The molecule has 4 aliphatic rings. The summed E-state index contributed by atoms with van der Waals surface area (Å²) in [5, 5.41) is 32.7. The van der Waals surface area contributed by atoms with Crippen molar-refractivity contribution < 1.29 is 20.1 Å². The summed E-state index contributed by atoms with van der Waals surface area (Å²) < 4.78 is 0. The van der Waals surface area contributed by atoms with E-state index in [1.165, 1.54) is 19.3 Å². The quantitative estimate of drug-likeness (QED) is 0.591. The van der Waals surface area contributed by atoms with Crippen LogP contribution in [0.4, 0.5) is 0 Å². The van der Waals surface area contributed by atoms with E-state index in [4.69, 9.17) is 0 Å². The van der Waals surface area contributed by atoms with Crippen LogP contribution in [0.2, 0.25) is 0 Å². The Morgan fingerprint density at radius 1 is 0.968 bits per heavy atom. The molecule has 0 spiro atoms. The summed E-state index contributed by atoms with van der Waals surface area (Å²) in [6.07, 6.45) is 6.67. The van der Waals surface area contributed by atoms with Crippen LogP contribution in [-0.2, 0) is 4.79 Å². The van der Waals surface area contributed by atoms with E-state index < -0.39 is 12.2 Å². The summed E-state index contributed by atoms with van der Waals surface area (Å²) in [5.41, 5.74) is 0.265. The number of aliphatic hydroxyl groups is 3. The molecule has 4 saturated carbocycles. The van der Waals surface area contributed by atoms with Crippen molar-refractivity contribution in [3.63, 3.8) is 0 Å². The summed E-state index contributed by atoms with van der Waals surface area (Å²) in [7, 11) is 0. The van der Waals surface area contributed by atoms with Crippen LogP contribution in [0.5, 0.6) is 0 Å². The van der Waals surface area contributed by atoms with Crippen LogP contribution in [-0.4, -0.2) is 39.4 Å². The van der Waals surface area contributed by atoms with E-state index in [-0.39, 0.29) is 28.8 Å². The fourth-order valence-electron chi connectivity index (χ4n) is 9.20. The SMILES string of the molecule is CC(C)C[C@@H](O)[C@H](O)[C@@H](C)[C@H]1CC[C@H]2[C@@H]3C[C@H](O)[C@H]4CC(=O)CC[C@]4(C)[C@H]3CC[C@]12C. The second-order valence-corrected chi connectivity index (χ2v) is 12.8. The Labute approximate surface area is 189 Å². The first-order chi connectivity index (χ1) is 14.5. The number of Topliss-reactive ketones (excluding diaryl/α,β-unsaturated/α-hetero) is 1. The summed E-state index contributed by atoms with van der Waals surface area (Å²) in [6, 6.07) is 0. The number of rotatable bonds is 5. The van der Waals surface area contributed by atoms with Gasteiger partial charge in [0.2, 0.25) is 0 Å². The minimum atomic E-state index is -0.663. The van der Waals surface area contributed by atoms with Crippen molar-refractivity contribution in [1.29, 1.82) is 0 Å². The fraction of sp³-hybridized carbons (Fsp3) is 0.963. The lowest BCUT2D eigenvalue weighted by Crippen LogP contribution is -2.58. The molecule has 0 aromatic carbocycles. The van der Waals surface area contributed by atoms with Crippen LogP contribution in [0, 0.1) is 52.3 Å². The minimum Gasteiger partial charge on any atom is -0.393 e. The van der Waals surface area contributed by atoms with Gasteiger partial charge in [-0.05, 0) is 97.2 Å². The van der Waals surface area contributed by atoms with Gasteiger partial charge < -0.3 is 15.3 Å². The zero-order chi connectivity index (χ0) is 22.7. The maximum absolute atomic E-state index is 12.1. The van der Waals surface area contributed by atoms with E-state index >= 15 is 0 Å². The molecule has 178 valence electrons. The largest absolute Gasteiger partial charge is 0.393 e. The highest BCUT2D eigenvalue weighted by atomic mass is 16.3. The van der Waals surface area contributed by atoms with Gasteiger partial charge in [-0.2, -0.15) is 0 Å². The van der Waals surface area contributed by atoms with Gasteiger partial charge in [0, 0.05) is 12.8 Å². The molecule has 0 amide bonds. The lowest BCUT2D eigenvalue weighted by atomic mass is 9.44. The fourth-order valence-corrected chi connectivity index (χ4v) is 9.20. The molecule has 0 radical (unpaired) electrons. The van der Waals surface area contributed by atoms with Gasteiger partial charge >= 0.3 is 0 Å². The van der Waals surface area contributed by atoms with E-state index in [1.807, 2.05) is 0 Å². The van der Waals surface area contributed by atoms with Crippen molar-refractivity contribution in [2.75, 3.05) is 0 Å². The topological polar surface area (TPSA) is 77.8 Å².